The molecule has 0 aliphatic carbocycles. The molecular weight excluding hydrogens is 422 g/mol. The maximum absolute atomic E-state index is 13.0. The second-order valence-corrected chi connectivity index (χ2v) is 14.2. The van der Waals surface area contributed by atoms with E-state index in [9.17, 15) is 14.4 Å². The highest BCUT2D eigenvalue weighted by molar-refractivity contribution is 6.89. The van der Waals surface area contributed by atoms with Crippen LogP contribution in [-0.4, -0.2) is 39.4 Å². The topological polar surface area (TPSA) is 96.5 Å². The number of benzene rings is 2. The highest BCUT2D eigenvalue weighted by Crippen LogP contribution is 2.36. The molecule has 8 heteroatoms. The van der Waals surface area contributed by atoms with Gasteiger partial charge in [-0.15, -0.1) is 0 Å². The lowest BCUT2D eigenvalue weighted by Crippen LogP contribution is -2.39. The molecule has 3 N–H and O–H groups in total. The van der Waals surface area contributed by atoms with Gasteiger partial charge in [0, 0.05) is 31.9 Å². The first-order valence-corrected chi connectivity index (χ1v) is 14.2. The molecule has 0 aromatic heterocycles. The molecule has 1 atom stereocenters. The zero-order valence-corrected chi connectivity index (χ0v) is 20.3. The third-order valence-corrected chi connectivity index (χ3v) is 7.54. The molecule has 32 heavy (non-hydrogen) atoms. The fraction of sp³-hybridized carbons (Fsp3) is 0.375. The maximum atomic E-state index is 13.0. The molecule has 0 bridgehead atoms. The largest absolute Gasteiger partial charge is 0.497 e. The van der Waals surface area contributed by atoms with E-state index in [-0.39, 0.29) is 30.1 Å². The fourth-order valence-corrected chi connectivity index (χ4v) is 5.57. The second-order valence-electron chi connectivity index (χ2n) is 9.20. The van der Waals surface area contributed by atoms with Crippen molar-refractivity contribution < 1.29 is 19.1 Å². The van der Waals surface area contributed by atoms with Crippen molar-refractivity contribution in [3.05, 3.63) is 36.4 Å². The average molecular weight is 454 g/mol. The van der Waals surface area contributed by atoms with Crippen molar-refractivity contribution in [1.82, 2.24) is 5.32 Å². The normalized spacial score (nSPS) is 15.8. The molecule has 0 saturated carbocycles. The molecule has 1 aliphatic rings. The van der Waals surface area contributed by atoms with E-state index in [1.807, 2.05) is 36.4 Å². The molecule has 2 aromatic carbocycles. The fourth-order valence-electron chi connectivity index (χ4n) is 3.97. The lowest BCUT2D eigenvalue weighted by atomic mass is 10.0. The summed E-state index contributed by atoms with van der Waals surface area (Å²) in [4.78, 5) is 36.4. The van der Waals surface area contributed by atoms with E-state index in [1.54, 1.807) is 7.11 Å². The molecule has 0 radical (unpaired) electrons. The van der Waals surface area contributed by atoms with E-state index >= 15 is 0 Å². The predicted octanol–water partition coefficient (Wildman–Crippen LogP) is 3.33. The quantitative estimate of drug-likeness (QED) is 0.560. The standard InChI is InChI=1S/C24H31N3O4Si/c1-15(28)26-19-10-11-20(32(3,4)5)23(17-6-8-18(31-2)9-7-17)24(19)27-22(30)13-16-12-21(29)25-14-16/h6-11,16H,12-14H2,1-5H3,(H,25,29)(H,26,28)(H,27,30). The number of carbonyl (C=O) groups excluding carboxylic acids is 3. The number of methoxy groups -OCH3 is 1. The Kier molecular flexibility index (Phi) is 7.03. The van der Waals surface area contributed by atoms with Crippen LogP contribution in [0.25, 0.3) is 11.1 Å². The number of ether oxygens (including phenoxy) is 1. The van der Waals surface area contributed by atoms with Gasteiger partial charge in [0.05, 0.1) is 26.6 Å². The van der Waals surface area contributed by atoms with Crippen LogP contribution in [0.5, 0.6) is 5.75 Å². The van der Waals surface area contributed by atoms with Crippen LogP contribution in [0.1, 0.15) is 19.8 Å². The molecule has 2 aromatic rings. The number of hydrogen-bond acceptors (Lipinski definition) is 4. The van der Waals surface area contributed by atoms with Gasteiger partial charge in [-0.25, -0.2) is 0 Å². The van der Waals surface area contributed by atoms with E-state index < -0.39 is 8.07 Å². The van der Waals surface area contributed by atoms with Gasteiger partial charge < -0.3 is 20.7 Å². The molecule has 3 rings (SSSR count). The number of rotatable bonds is 7. The summed E-state index contributed by atoms with van der Waals surface area (Å²) in [6, 6.07) is 11.6. The van der Waals surface area contributed by atoms with Crippen molar-refractivity contribution in [3.63, 3.8) is 0 Å². The smallest absolute Gasteiger partial charge is 0.224 e. The minimum absolute atomic E-state index is 0.0265. The molecule has 1 aliphatic heterocycles. The Morgan fingerprint density at radius 2 is 1.78 bits per heavy atom. The molecule has 170 valence electrons. The van der Waals surface area contributed by atoms with Gasteiger partial charge in [0.15, 0.2) is 0 Å². The van der Waals surface area contributed by atoms with E-state index in [2.05, 4.69) is 35.6 Å². The monoisotopic (exact) mass is 453 g/mol. The van der Waals surface area contributed by atoms with Crippen LogP contribution >= 0.6 is 0 Å². The van der Waals surface area contributed by atoms with E-state index in [1.165, 1.54) is 12.1 Å². The van der Waals surface area contributed by atoms with Gasteiger partial charge in [-0.2, -0.15) is 0 Å². The summed E-state index contributed by atoms with van der Waals surface area (Å²) in [6.45, 7) is 8.69. The summed E-state index contributed by atoms with van der Waals surface area (Å²) >= 11 is 0. The van der Waals surface area contributed by atoms with Crippen LogP contribution in [0.15, 0.2) is 36.4 Å². The van der Waals surface area contributed by atoms with E-state index in [4.69, 9.17) is 4.74 Å². The lowest BCUT2D eigenvalue weighted by Gasteiger charge is -2.26. The molecule has 0 spiro atoms. The first-order valence-electron chi connectivity index (χ1n) is 10.7. The predicted molar refractivity (Wildman–Crippen MR) is 130 cm³/mol. The van der Waals surface area contributed by atoms with Gasteiger partial charge in [0.1, 0.15) is 5.75 Å². The Morgan fingerprint density at radius 3 is 2.31 bits per heavy atom. The SMILES string of the molecule is COc1ccc(-c2c([Si](C)(C)C)ccc(NC(C)=O)c2NC(=O)CC2CNC(=O)C2)cc1. The van der Waals surface area contributed by atoms with E-state index in [0.717, 1.165) is 16.9 Å². The third-order valence-electron chi connectivity index (χ3n) is 5.50. The van der Waals surface area contributed by atoms with Crippen molar-refractivity contribution in [2.24, 2.45) is 5.92 Å². The zero-order valence-electron chi connectivity index (χ0n) is 19.3. The third kappa shape index (κ3) is 5.56. The minimum atomic E-state index is -1.82. The Morgan fingerprint density at radius 1 is 1.09 bits per heavy atom. The summed E-state index contributed by atoms with van der Waals surface area (Å²) in [7, 11) is -0.203. The Balaban J connectivity index is 2.10. The number of anilines is 2. The molecule has 3 amide bonds. The summed E-state index contributed by atoms with van der Waals surface area (Å²) in [6.07, 6.45) is 0.587. The molecule has 1 unspecified atom stereocenters. The molecular formula is C24H31N3O4Si. The second kappa shape index (κ2) is 9.56. The Hall–Kier alpha value is -3.13. The van der Waals surface area contributed by atoms with Crippen LogP contribution in [0.3, 0.4) is 0 Å². The first kappa shape index (κ1) is 23.5. The number of nitrogens with one attached hydrogen (secondary N) is 3. The highest BCUT2D eigenvalue weighted by atomic mass is 28.3. The summed E-state index contributed by atoms with van der Waals surface area (Å²) in [5.74, 6) is 0.288. The summed E-state index contributed by atoms with van der Waals surface area (Å²) < 4.78 is 5.31. The molecule has 1 saturated heterocycles. The van der Waals surface area contributed by atoms with E-state index in [0.29, 0.717) is 24.3 Å². The number of carbonyl (C=O) groups is 3. The van der Waals surface area contributed by atoms with Crippen molar-refractivity contribution in [3.8, 4) is 16.9 Å². The van der Waals surface area contributed by atoms with Gasteiger partial charge in [0.2, 0.25) is 17.7 Å². The van der Waals surface area contributed by atoms with Crippen LogP contribution in [0, 0.1) is 5.92 Å². The lowest BCUT2D eigenvalue weighted by molar-refractivity contribution is -0.119. The first-order chi connectivity index (χ1) is 15.1. The van der Waals surface area contributed by atoms with Crippen molar-refractivity contribution in [2.75, 3.05) is 24.3 Å². The van der Waals surface area contributed by atoms with Crippen LogP contribution in [0.4, 0.5) is 11.4 Å². The number of amides is 3. The van der Waals surface area contributed by atoms with Gasteiger partial charge in [-0.05, 0) is 29.7 Å². The Labute approximate surface area is 189 Å². The van der Waals surface area contributed by atoms with Crippen LogP contribution < -0.4 is 25.9 Å². The number of hydrogen-bond donors (Lipinski definition) is 3. The minimum Gasteiger partial charge on any atom is -0.497 e. The van der Waals surface area contributed by atoms with Gasteiger partial charge in [-0.3, -0.25) is 14.4 Å². The highest BCUT2D eigenvalue weighted by Gasteiger charge is 2.28. The van der Waals surface area contributed by atoms with Crippen molar-refractivity contribution in [2.45, 2.75) is 39.4 Å². The molecule has 1 heterocycles. The Bertz CT molecular complexity index is 1030. The summed E-state index contributed by atoms with van der Waals surface area (Å²) in [5.41, 5.74) is 2.99. The van der Waals surface area contributed by atoms with Crippen molar-refractivity contribution in [1.29, 1.82) is 0 Å². The molecule has 1 fully saturated rings. The summed E-state index contributed by atoms with van der Waals surface area (Å²) in [5, 5.41) is 9.87. The molecule has 7 nitrogen and oxygen atoms in total. The van der Waals surface area contributed by atoms with Crippen LogP contribution in [-0.2, 0) is 14.4 Å². The van der Waals surface area contributed by atoms with Gasteiger partial charge >= 0.3 is 0 Å². The van der Waals surface area contributed by atoms with Gasteiger partial charge in [-0.1, -0.05) is 43.0 Å². The van der Waals surface area contributed by atoms with Gasteiger partial charge in [0.25, 0.3) is 0 Å². The maximum Gasteiger partial charge on any atom is 0.224 e. The zero-order chi connectivity index (χ0) is 23.5. The van der Waals surface area contributed by atoms with Crippen LogP contribution in [0.2, 0.25) is 19.6 Å². The average Bonchev–Trinajstić information content (AvgIpc) is 3.12. The van der Waals surface area contributed by atoms with Crippen molar-refractivity contribution >= 4 is 42.4 Å².